The lowest BCUT2D eigenvalue weighted by Gasteiger charge is -2.28. The highest BCUT2D eigenvalue weighted by atomic mass is 19.3. The number of hydrogen-bond acceptors (Lipinski definition) is 5. The maximum Gasteiger partial charge on any atom is 0.280 e. The molecule has 0 unspecified atom stereocenters. The SMILES string of the molecule is CNc1ccc(C)c(-c2cc(-c3ccnc(C(F)F)c3)nc(N3CCOCC3)c2)c1. The number of nitrogens with one attached hydrogen (secondary N) is 1. The van der Waals surface area contributed by atoms with E-state index in [9.17, 15) is 8.78 Å². The second-order valence-corrected chi connectivity index (χ2v) is 7.25. The molecule has 7 heteroatoms. The highest BCUT2D eigenvalue weighted by Crippen LogP contribution is 2.33. The van der Waals surface area contributed by atoms with Gasteiger partial charge in [-0.15, -0.1) is 0 Å². The first-order valence-corrected chi connectivity index (χ1v) is 9.93. The zero-order valence-electron chi connectivity index (χ0n) is 17.0. The van der Waals surface area contributed by atoms with E-state index < -0.39 is 6.43 Å². The summed E-state index contributed by atoms with van der Waals surface area (Å²) in [6, 6.07) is 13.3. The fourth-order valence-corrected chi connectivity index (χ4v) is 3.59. The largest absolute Gasteiger partial charge is 0.388 e. The van der Waals surface area contributed by atoms with Gasteiger partial charge in [0.25, 0.3) is 6.43 Å². The number of benzene rings is 1. The lowest BCUT2D eigenvalue weighted by molar-refractivity contribution is 0.122. The minimum atomic E-state index is -2.62. The van der Waals surface area contributed by atoms with Crippen molar-refractivity contribution in [2.24, 2.45) is 0 Å². The second-order valence-electron chi connectivity index (χ2n) is 7.25. The van der Waals surface area contributed by atoms with E-state index >= 15 is 0 Å². The normalized spacial score (nSPS) is 14.2. The Kier molecular flexibility index (Phi) is 5.90. The molecule has 0 saturated carbocycles. The van der Waals surface area contributed by atoms with Crippen LogP contribution in [-0.2, 0) is 4.74 Å². The Hall–Kier alpha value is -3.06. The van der Waals surface area contributed by atoms with E-state index in [2.05, 4.69) is 40.3 Å². The van der Waals surface area contributed by atoms with Gasteiger partial charge in [0.05, 0.1) is 18.9 Å². The third kappa shape index (κ3) is 4.26. The Morgan fingerprint density at radius 3 is 2.57 bits per heavy atom. The molecule has 3 aromatic rings. The van der Waals surface area contributed by atoms with E-state index in [0.717, 1.165) is 41.3 Å². The molecule has 1 N–H and O–H groups in total. The minimum Gasteiger partial charge on any atom is -0.388 e. The number of halogens is 2. The van der Waals surface area contributed by atoms with Crippen LogP contribution < -0.4 is 10.2 Å². The summed E-state index contributed by atoms with van der Waals surface area (Å²) in [4.78, 5) is 10.8. The number of morpholine rings is 1. The van der Waals surface area contributed by atoms with Crippen LogP contribution >= 0.6 is 0 Å². The molecule has 2 aromatic heterocycles. The molecule has 30 heavy (non-hydrogen) atoms. The third-order valence-corrected chi connectivity index (χ3v) is 5.28. The summed E-state index contributed by atoms with van der Waals surface area (Å²) >= 11 is 0. The molecule has 0 radical (unpaired) electrons. The molecule has 0 spiro atoms. The summed E-state index contributed by atoms with van der Waals surface area (Å²) in [6.45, 7) is 4.82. The van der Waals surface area contributed by atoms with Crippen LogP contribution in [0.4, 0.5) is 20.3 Å². The number of ether oxygens (including phenoxy) is 1. The van der Waals surface area contributed by atoms with Crippen molar-refractivity contribution >= 4 is 11.5 Å². The van der Waals surface area contributed by atoms with Gasteiger partial charge in [-0.3, -0.25) is 4.98 Å². The van der Waals surface area contributed by atoms with Gasteiger partial charge < -0.3 is 15.0 Å². The van der Waals surface area contributed by atoms with Crippen LogP contribution in [0.1, 0.15) is 17.7 Å². The summed E-state index contributed by atoms with van der Waals surface area (Å²) in [6.07, 6.45) is -1.21. The lowest BCUT2D eigenvalue weighted by atomic mass is 9.98. The van der Waals surface area contributed by atoms with E-state index in [-0.39, 0.29) is 5.69 Å². The summed E-state index contributed by atoms with van der Waals surface area (Å²) in [5, 5.41) is 3.17. The number of nitrogens with zero attached hydrogens (tertiary/aromatic N) is 3. The Balaban J connectivity index is 1.86. The first-order chi connectivity index (χ1) is 14.5. The molecule has 1 aliphatic rings. The number of pyridine rings is 2. The van der Waals surface area contributed by atoms with E-state index in [1.54, 1.807) is 6.07 Å². The van der Waals surface area contributed by atoms with Crippen LogP contribution in [0.5, 0.6) is 0 Å². The van der Waals surface area contributed by atoms with E-state index in [1.807, 2.05) is 19.2 Å². The summed E-state index contributed by atoms with van der Waals surface area (Å²) in [5.41, 5.74) is 5.22. The van der Waals surface area contributed by atoms with Gasteiger partial charge in [0, 0.05) is 37.6 Å². The summed E-state index contributed by atoms with van der Waals surface area (Å²) in [7, 11) is 1.88. The number of hydrogen-bond donors (Lipinski definition) is 1. The number of aromatic nitrogens is 2. The molecular formula is C23H24F2N4O. The first-order valence-electron chi connectivity index (χ1n) is 9.93. The van der Waals surface area contributed by atoms with Gasteiger partial charge in [-0.1, -0.05) is 6.07 Å². The Labute approximate surface area is 174 Å². The van der Waals surface area contributed by atoms with Gasteiger partial charge in [0.2, 0.25) is 0 Å². The zero-order chi connectivity index (χ0) is 21.1. The van der Waals surface area contributed by atoms with Gasteiger partial charge in [-0.05, 0) is 60.0 Å². The van der Waals surface area contributed by atoms with Crippen LogP contribution in [0.25, 0.3) is 22.4 Å². The molecule has 1 aromatic carbocycles. The average Bonchev–Trinajstić information content (AvgIpc) is 2.79. The predicted octanol–water partition coefficient (Wildman–Crippen LogP) is 4.93. The Morgan fingerprint density at radius 1 is 1.03 bits per heavy atom. The molecule has 0 amide bonds. The maximum atomic E-state index is 13.2. The molecule has 0 atom stereocenters. The van der Waals surface area contributed by atoms with E-state index in [0.29, 0.717) is 24.5 Å². The predicted molar refractivity (Wildman–Crippen MR) is 115 cm³/mol. The highest BCUT2D eigenvalue weighted by Gasteiger charge is 2.17. The molecule has 3 heterocycles. The first kappa shape index (κ1) is 20.2. The fraction of sp³-hybridized carbons (Fsp3) is 0.304. The Morgan fingerprint density at radius 2 is 1.83 bits per heavy atom. The van der Waals surface area contributed by atoms with Crippen molar-refractivity contribution < 1.29 is 13.5 Å². The third-order valence-electron chi connectivity index (χ3n) is 5.28. The monoisotopic (exact) mass is 410 g/mol. The van der Waals surface area contributed by atoms with Gasteiger partial charge in [0.1, 0.15) is 11.5 Å². The molecule has 1 fully saturated rings. The van der Waals surface area contributed by atoms with Crippen LogP contribution in [-0.4, -0.2) is 43.3 Å². The second kappa shape index (κ2) is 8.75. The van der Waals surface area contributed by atoms with Gasteiger partial charge in [0.15, 0.2) is 0 Å². The average molecular weight is 410 g/mol. The van der Waals surface area contributed by atoms with Crippen molar-refractivity contribution in [1.82, 2.24) is 9.97 Å². The van der Waals surface area contributed by atoms with Crippen LogP contribution in [0.2, 0.25) is 0 Å². The number of rotatable bonds is 5. The van der Waals surface area contributed by atoms with Gasteiger partial charge >= 0.3 is 0 Å². The number of aryl methyl sites for hydroxylation is 1. The molecule has 156 valence electrons. The fourth-order valence-electron chi connectivity index (χ4n) is 3.59. The standard InChI is InChI=1S/C23H24F2N4O/c1-15-3-4-18(26-2)14-19(15)17-12-20(16-5-6-27-21(11-16)23(24)25)28-22(13-17)29-7-9-30-10-8-29/h3-6,11-14,23,26H,7-10H2,1-2H3. The topological polar surface area (TPSA) is 50.3 Å². The zero-order valence-corrected chi connectivity index (χ0v) is 17.0. The van der Waals surface area contributed by atoms with Gasteiger partial charge in [-0.2, -0.15) is 0 Å². The molecule has 0 bridgehead atoms. The quantitative estimate of drug-likeness (QED) is 0.646. The van der Waals surface area contributed by atoms with E-state index in [1.165, 1.54) is 12.3 Å². The van der Waals surface area contributed by atoms with Crippen LogP contribution in [0.15, 0.2) is 48.7 Å². The number of anilines is 2. The molecule has 5 nitrogen and oxygen atoms in total. The van der Waals surface area contributed by atoms with Crippen LogP contribution in [0.3, 0.4) is 0 Å². The van der Waals surface area contributed by atoms with Crippen molar-refractivity contribution in [1.29, 1.82) is 0 Å². The smallest absolute Gasteiger partial charge is 0.280 e. The number of alkyl halides is 2. The van der Waals surface area contributed by atoms with Crippen molar-refractivity contribution in [3.05, 3.63) is 59.9 Å². The lowest BCUT2D eigenvalue weighted by Crippen LogP contribution is -2.36. The molecule has 1 saturated heterocycles. The molecular weight excluding hydrogens is 386 g/mol. The molecule has 1 aliphatic heterocycles. The van der Waals surface area contributed by atoms with Crippen LogP contribution in [0, 0.1) is 6.92 Å². The molecule has 4 rings (SSSR count). The van der Waals surface area contributed by atoms with Crippen molar-refractivity contribution in [2.75, 3.05) is 43.6 Å². The van der Waals surface area contributed by atoms with Crippen molar-refractivity contribution in [3.63, 3.8) is 0 Å². The van der Waals surface area contributed by atoms with E-state index in [4.69, 9.17) is 9.72 Å². The van der Waals surface area contributed by atoms with Gasteiger partial charge in [-0.25, -0.2) is 13.8 Å². The minimum absolute atomic E-state index is 0.249. The maximum absolute atomic E-state index is 13.2. The van der Waals surface area contributed by atoms with Crippen molar-refractivity contribution in [2.45, 2.75) is 13.3 Å². The Bertz CT molecular complexity index is 1040. The van der Waals surface area contributed by atoms with Crippen molar-refractivity contribution in [3.8, 4) is 22.4 Å². The highest BCUT2D eigenvalue weighted by molar-refractivity contribution is 5.78. The summed E-state index contributed by atoms with van der Waals surface area (Å²) in [5.74, 6) is 0.815. The summed E-state index contributed by atoms with van der Waals surface area (Å²) < 4.78 is 31.9. The molecule has 0 aliphatic carbocycles.